The third-order valence-electron chi connectivity index (χ3n) is 4.94. The van der Waals surface area contributed by atoms with Crippen LogP contribution in [-0.4, -0.2) is 24.5 Å². The lowest BCUT2D eigenvalue weighted by Gasteiger charge is -2.27. The molecule has 2 saturated carbocycles. The average Bonchev–Trinajstić information content (AvgIpc) is 2.90. The molecular weight excluding hydrogens is 236 g/mol. The second kappa shape index (κ2) is 7.28. The van der Waals surface area contributed by atoms with Crippen molar-refractivity contribution >= 4 is 5.91 Å². The third-order valence-corrected chi connectivity index (χ3v) is 4.94. The van der Waals surface area contributed by atoms with Crippen LogP contribution >= 0.6 is 0 Å². The van der Waals surface area contributed by atoms with Gasteiger partial charge in [-0.1, -0.05) is 32.6 Å². The van der Waals surface area contributed by atoms with E-state index in [0.29, 0.717) is 6.04 Å². The summed E-state index contributed by atoms with van der Waals surface area (Å²) in [6.07, 6.45) is 10.2. The molecule has 2 aliphatic rings. The standard InChI is InChI=1S/C16H30N2O/c1-12-7-9-14(10-8-12)11-17-13(2)16(19)18-15-5-3-4-6-15/h12-15,17H,3-11H2,1-2H3,(H,18,19). The minimum absolute atomic E-state index is 0.0417. The summed E-state index contributed by atoms with van der Waals surface area (Å²) >= 11 is 0. The van der Waals surface area contributed by atoms with Crippen LogP contribution in [0.15, 0.2) is 0 Å². The van der Waals surface area contributed by atoms with Gasteiger partial charge in [0.25, 0.3) is 0 Å². The number of hydrogen-bond acceptors (Lipinski definition) is 2. The second-order valence-corrected chi connectivity index (χ2v) is 6.75. The molecule has 1 atom stereocenters. The average molecular weight is 266 g/mol. The van der Waals surface area contributed by atoms with Crippen molar-refractivity contribution in [2.45, 2.75) is 77.3 Å². The van der Waals surface area contributed by atoms with Gasteiger partial charge in [0, 0.05) is 6.04 Å². The van der Waals surface area contributed by atoms with Crippen molar-refractivity contribution in [3.63, 3.8) is 0 Å². The second-order valence-electron chi connectivity index (χ2n) is 6.75. The summed E-state index contributed by atoms with van der Waals surface area (Å²) in [5.74, 6) is 1.87. The minimum atomic E-state index is -0.0417. The summed E-state index contributed by atoms with van der Waals surface area (Å²) in [5, 5.41) is 6.60. The van der Waals surface area contributed by atoms with E-state index in [4.69, 9.17) is 0 Å². The predicted molar refractivity (Wildman–Crippen MR) is 79.0 cm³/mol. The minimum Gasteiger partial charge on any atom is -0.352 e. The fraction of sp³-hybridized carbons (Fsp3) is 0.938. The third kappa shape index (κ3) is 4.79. The summed E-state index contributed by atoms with van der Waals surface area (Å²) < 4.78 is 0. The quantitative estimate of drug-likeness (QED) is 0.803. The van der Waals surface area contributed by atoms with Gasteiger partial charge in [-0.2, -0.15) is 0 Å². The zero-order valence-electron chi connectivity index (χ0n) is 12.6. The van der Waals surface area contributed by atoms with E-state index >= 15 is 0 Å². The van der Waals surface area contributed by atoms with E-state index in [0.717, 1.165) is 18.4 Å². The largest absolute Gasteiger partial charge is 0.352 e. The van der Waals surface area contributed by atoms with Crippen molar-refractivity contribution in [2.75, 3.05) is 6.54 Å². The van der Waals surface area contributed by atoms with Crippen molar-refractivity contribution in [3.05, 3.63) is 0 Å². The Morgan fingerprint density at radius 1 is 1.11 bits per heavy atom. The molecule has 2 aliphatic carbocycles. The van der Waals surface area contributed by atoms with Crippen LogP contribution < -0.4 is 10.6 Å². The number of carbonyl (C=O) groups is 1. The summed E-state index contributed by atoms with van der Waals surface area (Å²) in [5.41, 5.74) is 0. The van der Waals surface area contributed by atoms with Crippen LogP contribution in [-0.2, 0) is 4.79 Å². The van der Waals surface area contributed by atoms with Crippen LogP contribution in [0.2, 0.25) is 0 Å². The summed E-state index contributed by atoms with van der Waals surface area (Å²) in [6, 6.07) is 0.396. The zero-order chi connectivity index (χ0) is 13.7. The molecule has 2 N–H and O–H groups in total. The Morgan fingerprint density at radius 2 is 1.74 bits per heavy atom. The van der Waals surface area contributed by atoms with Crippen LogP contribution in [0, 0.1) is 11.8 Å². The Kier molecular flexibility index (Phi) is 5.68. The van der Waals surface area contributed by atoms with E-state index in [-0.39, 0.29) is 11.9 Å². The molecule has 1 amide bonds. The molecule has 0 radical (unpaired) electrons. The number of amides is 1. The van der Waals surface area contributed by atoms with Gasteiger partial charge in [-0.05, 0) is 51.0 Å². The van der Waals surface area contributed by atoms with Gasteiger partial charge in [-0.15, -0.1) is 0 Å². The molecule has 0 spiro atoms. The lowest BCUT2D eigenvalue weighted by Crippen LogP contribution is -2.46. The highest BCUT2D eigenvalue weighted by molar-refractivity contribution is 5.81. The smallest absolute Gasteiger partial charge is 0.237 e. The van der Waals surface area contributed by atoms with Gasteiger partial charge in [0.2, 0.25) is 5.91 Å². The molecule has 0 aromatic heterocycles. The maximum absolute atomic E-state index is 12.1. The highest BCUT2D eigenvalue weighted by Gasteiger charge is 2.22. The van der Waals surface area contributed by atoms with E-state index in [1.807, 2.05) is 6.92 Å². The van der Waals surface area contributed by atoms with Gasteiger partial charge in [0.1, 0.15) is 0 Å². The van der Waals surface area contributed by atoms with Crippen molar-refractivity contribution in [1.29, 1.82) is 0 Å². The lowest BCUT2D eigenvalue weighted by atomic mass is 9.83. The molecule has 2 rings (SSSR count). The van der Waals surface area contributed by atoms with Crippen molar-refractivity contribution < 1.29 is 4.79 Å². The Bertz CT molecular complexity index is 278. The number of hydrogen-bond donors (Lipinski definition) is 2. The first-order valence-corrected chi connectivity index (χ1v) is 8.19. The van der Waals surface area contributed by atoms with Crippen LogP contribution in [0.4, 0.5) is 0 Å². The Balaban J connectivity index is 1.62. The van der Waals surface area contributed by atoms with Gasteiger partial charge in [0.15, 0.2) is 0 Å². The monoisotopic (exact) mass is 266 g/mol. The molecule has 0 saturated heterocycles. The molecule has 110 valence electrons. The molecular formula is C16H30N2O. The van der Waals surface area contributed by atoms with Gasteiger partial charge < -0.3 is 10.6 Å². The zero-order valence-corrected chi connectivity index (χ0v) is 12.6. The van der Waals surface area contributed by atoms with Crippen LogP contribution in [0.25, 0.3) is 0 Å². The SMILES string of the molecule is CC1CCC(CNC(C)C(=O)NC2CCCC2)CC1. The molecule has 1 unspecified atom stereocenters. The Labute approximate surface area is 117 Å². The predicted octanol–water partition coefficient (Wildman–Crippen LogP) is 2.85. The summed E-state index contributed by atoms with van der Waals surface area (Å²) in [4.78, 5) is 12.1. The number of nitrogens with one attached hydrogen (secondary N) is 2. The van der Waals surface area contributed by atoms with Crippen molar-refractivity contribution in [1.82, 2.24) is 10.6 Å². The molecule has 0 aliphatic heterocycles. The van der Waals surface area contributed by atoms with Crippen LogP contribution in [0.1, 0.15) is 65.2 Å². The molecule has 0 aromatic carbocycles. The highest BCUT2D eigenvalue weighted by atomic mass is 16.2. The van der Waals surface area contributed by atoms with E-state index < -0.39 is 0 Å². The Morgan fingerprint density at radius 3 is 2.37 bits per heavy atom. The van der Waals surface area contributed by atoms with Gasteiger partial charge in [-0.25, -0.2) is 0 Å². The van der Waals surface area contributed by atoms with E-state index in [9.17, 15) is 4.79 Å². The first-order valence-electron chi connectivity index (χ1n) is 8.19. The fourth-order valence-corrected chi connectivity index (χ4v) is 3.37. The lowest BCUT2D eigenvalue weighted by molar-refractivity contribution is -0.123. The van der Waals surface area contributed by atoms with Gasteiger partial charge >= 0.3 is 0 Å². The van der Waals surface area contributed by atoms with E-state index in [1.165, 1.54) is 51.4 Å². The topological polar surface area (TPSA) is 41.1 Å². The molecule has 19 heavy (non-hydrogen) atoms. The normalized spacial score (nSPS) is 30.2. The summed E-state index contributed by atoms with van der Waals surface area (Å²) in [6.45, 7) is 5.35. The molecule has 2 fully saturated rings. The molecule has 0 heterocycles. The first kappa shape index (κ1) is 14.8. The van der Waals surface area contributed by atoms with Gasteiger partial charge in [0.05, 0.1) is 6.04 Å². The maximum atomic E-state index is 12.1. The first-order chi connectivity index (χ1) is 9.15. The number of carbonyl (C=O) groups excluding carboxylic acids is 1. The molecule has 0 bridgehead atoms. The van der Waals surface area contributed by atoms with Crippen LogP contribution in [0.5, 0.6) is 0 Å². The fourth-order valence-electron chi connectivity index (χ4n) is 3.37. The number of rotatable bonds is 5. The van der Waals surface area contributed by atoms with Gasteiger partial charge in [-0.3, -0.25) is 4.79 Å². The maximum Gasteiger partial charge on any atom is 0.237 e. The van der Waals surface area contributed by atoms with E-state index in [1.54, 1.807) is 0 Å². The summed E-state index contributed by atoms with van der Waals surface area (Å²) in [7, 11) is 0. The van der Waals surface area contributed by atoms with E-state index in [2.05, 4.69) is 17.6 Å². The van der Waals surface area contributed by atoms with Crippen LogP contribution in [0.3, 0.4) is 0 Å². The Hall–Kier alpha value is -0.570. The van der Waals surface area contributed by atoms with Crippen molar-refractivity contribution in [2.24, 2.45) is 11.8 Å². The molecule has 3 nitrogen and oxygen atoms in total. The van der Waals surface area contributed by atoms with Crippen molar-refractivity contribution in [3.8, 4) is 0 Å². The molecule has 3 heteroatoms. The highest BCUT2D eigenvalue weighted by Crippen LogP contribution is 2.27. The molecule has 0 aromatic rings.